The summed E-state index contributed by atoms with van der Waals surface area (Å²) in [4.78, 5) is 24.8. The number of aromatic nitrogens is 3. The SMILES string of the molecule is CCOP(OCC)OCC1OC(n2ncc(=O)[nH]c2=O)C(O)C1O. The molecule has 136 valence electrons. The Labute approximate surface area is 138 Å². The topological polar surface area (TPSA) is 145 Å². The maximum atomic E-state index is 11.7. The Morgan fingerprint density at radius 3 is 2.50 bits per heavy atom. The van der Waals surface area contributed by atoms with Gasteiger partial charge < -0.3 is 28.5 Å². The van der Waals surface area contributed by atoms with Gasteiger partial charge in [-0.3, -0.25) is 9.78 Å². The molecule has 0 amide bonds. The van der Waals surface area contributed by atoms with Crippen molar-refractivity contribution in [3.05, 3.63) is 27.0 Å². The molecule has 2 rings (SSSR count). The van der Waals surface area contributed by atoms with Gasteiger partial charge in [0.2, 0.25) is 0 Å². The van der Waals surface area contributed by atoms with Crippen LogP contribution in [0.15, 0.2) is 15.8 Å². The zero-order valence-corrected chi connectivity index (χ0v) is 14.1. The van der Waals surface area contributed by atoms with Crippen LogP contribution in [0, 0.1) is 0 Å². The third-order valence-corrected chi connectivity index (χ3v) is 4.43. The van der Waals surface area contributed by atoms with Crippen molar-refractivity contribution < 1.29 is 28.5 Å². The van der Waals surface area contributed by atoms with Crippen LogP contribution in [-0.4, -0.2) is 63.1 Å². The second-order valence-corrected chi connectivity index (χ2v) is 6.01. The smallest absolute Gasteiger partial charge is 0.347 e. The minimum absolute atomic E-state index is 0.113. The molecule has 0 aliphatic carbocycles. The first-order valence-corrected chi connectivity index (χ1v) is 8.46. The second-order valence-electron chi connectivity index (χ2n) is 4.78. The lowest BCUT2D eigenvalue weighted by Crippen LogP contribution is -2.39. The predicted molar refractivity (Wildman–Crippen MR) is 81.2 cm³/mol. The van der Waals surface area contributed by atoms with Crippen molar-refractivity contribution >= 4 is 8.60 Å². The molecule has 3 N–H and O–H groups in total. The van der Waals surface area contributed by atoms with Crippen LogP contribution in [0.2, 0.25) is 0 Å². The van der Waals surface area contributed by atoms with E-state index < -0.39 is 44.4 Å². The largest absolute Gasteiger partial charge is 0.387 e. The minimum atomic E-state index is -1.59. The molecule has 0 saturated carbocycles. The number of ether oxygens (including phenoxy) is 1. The number of aliphatic hydroxyl groups is 2. The van der Waals surface area contributed by atoms with E-state index >= 15 is 0 Å². The van der Waals surface area contributed by atoms with Gasteiger partial charge in [-0.2, -0.15) is 9.78 Å². The number of nitrogens with one attached hydrogen (secondary N) is 1. The van der Waals surface area contributed by atoms with E-state index in [9.17, 15) is 19.8 Å². The summed E-state index contributed by atoms with van der Waals surface area (Å²) in [6.07, 6.45) is -4.02. The van der Waals surface area contributed by atoms with Crippen molar-refractivity contribution in [1.82, 2.24) is 14.8 Å². The molecule has 11 nitrogen and oxygen atoms in total. The summed E-state index contributed by atoms with van der Waals surface area (Å²) in [7, 11) is -1.59. The lowest BCUT2D eigenvalue weighted by molar-refractivity contribution is -0.0605. The van der Waals surface area contributed by atoms with Crippen molar-refractivity contribution in [3.8, 4) is 0 Å². The molecule has 0 radical (unpaired) electrons. The van der Waals surface area contributed by atoms with Crippen LogP contribution in [0.25, 0.3) is 0 Å². The lowest BCUT2D eigenvalue weighted by Gasteiger charge is -2.19. The average molecular weight is 365 g/mol. The van der Waals surface area contributed by atoms with E-state index in [0.29, 0.717) is 13.2 Å². The first kappa shape index (κ1) is 19.1. The molecule has 1 aliphatic heterocycles. The van der Waals surface area contributed by atoms with Crippen molar-refractivity contribution in [3.63, 3.8) is 0 Å². The molecule has 1 fully saturated rings. The van der Waals surface area contributed by atoms with E-state index in [1.807, 2.05) is 4.98 Å². The van der Waals surface area contributed by atoms with Gasteiger partial charge in [0.25, 0.3) is 5.56 Å². The number of rotatable bonds is 8. The number of aliphatic hydroxyl groups excluding tert-OH is 2. The van der Waals surface area contributed by atoms with Crippen molar-refractivity contribution in [1.29, 1.82) is 0 Å². The van der Waals surface area contributed by atoms with Crippen LogP contribution in [0.5, 0.6) is 0 Å². The zero-order valence-electron chi connectivity index (χ0n) is 13.2. The molecule has 1 aromatic heterocycles. The minimum Gasteiger partial charge on any atom is -0.387 e. The van der Waals surface area contributed by atoms with Gasteiger partial charge >= 0.3 is 14.3 Å². The van der Waals surface area contributed by atoms with E-state index in [1.54, 1.807) is 13.8 Å². The molecule has 0 spiro atoms. The average Bonchev–Trinajstić information content (AvgIpc) is 2.81. The number of H-pyrrole nitrogens is 1. The highest BCUT2D eigenvalue weighted by Crippen LogP contribution is 2.40. The van der Waals surface area contributed by atoms with Gasteiger partial charge in [-0.25, -0.2) is 4.79 Å². The van der Waals surface area contributed by atoms with E-state index in [1.165, 1.54) is 0 Å². The van der Waals surface area contributed by atoms with Gasteiger partial charge in [0.15, 0.2) is 6.23 Å². The van der Waals surface area contributed by atoms with Crippen molar-refractivity contribution in [2.45, 2.75) is 38.4 Å². The molecule has 0 aromatic carbocycles. The van der Waals surface area contributed by atoms with Gasteiger partial charge in [0, 0.05) is 0 Å². The Balaban J connectivity index is 2.04. The molecule has 1 aliphatic rings. The van der Waals surface area contributed by atoms with E-state index in [-0.39, 0.29) is 6.61 Å². The summed E-state index contributed by atoms with van der Waals surface area (Å²) < 4.78 is 22.1. The predicted octanol–water partition coefficient (Wildman–Crippen LogP) is -1.13. The van der Waals surface area contributed by atoms with Crippen LogP contribution in [-0.2, 0) is 18.3 Å². The summed E-state index contributed by atoms with van der Waals surface area (Å²) in [5, 5.41) is 23.7. The van der Waals surface area contributed by atoms with Gasteiger partial charge in [-0.05, 0) is 13.8 Å². The molecule has 0 bridgehead atoms. The number of nitrogens with zero attached hydrogens (tertiary/aromatic N) is 2. The molecule has 1 saturated heterocycles. The Bertz CT molecular complexity index is 631. The van der Waals surface area contributed by atoms with Crippen molar-refractivity contribution in [2.75, 3.05) is 19.8 Å². The van der Waals surface area contributed by atoms with Gasteiger partial charge in [-0.1, -0.05) is 0 Å². The quantitative estimate of drug-likeness (QED) is 0.487. The van der Waals surface area contributed by atoms with Gasteiger partial charge in [0.05, 0.1) is 19.8 Å². The summed E-state index contributed by atoms with van der Waals surface area (Å²) >= 11 is 0. The Morgan fingerprint density at radius 1 is 1.25 bits per heavy atom. The molecular weight excluding hydrogens is 345 g/mol. The third-order valence-electron chi connectivity index (χ3n) is 3.13. The summed E-state index contributed by atoms with van der Waals surface area (Å²) in [6, 6.07) is 0. The van der Waals surface area contributed by atoms with Crippen LogP contribution < -0.4 is 11.2 Å². The molecule has 24 heavy (non-hydrogen) atoms. The highest BCUT2D eigenvalue weighted by molar-refractivity contribution is 7.41. The first-order valence-electron chi connectivity index (χ1n) is 7.36. The molecule has 2 heterocycles. The zero-order chi connectivity index (χ0) is 17.7. The molecule has 1 aromatic rings. The number of hydrogen-bond donors (Lipinski definition) is 3. The van der Waals surface area contributed by atoms with Gasteiger partial charge in [-0.15, -0.1) is 0 Å². The van der Waals surface area contributed by atoms with E-state index in [2.05, 4.69) is 5.10 Å². The fourth-order valence-electron chi connectivity index (χ4n) is 2.07. The normalized spacial score (nSPS) is 27.0. The summed E-state index contributed by atoms with van der Waals surface area (Å²) in [6.45, 7) is 4.24. The third kappa shape index (κ3) is 4.45. The molecule has 4 atom stereocenters. The standard InChI is InChI=1S/C12H20N3O8P/c1-3-20-24(21-4-2)22-6-7-9(17)10(18)11(23-7)15-12(19)14-8(16)5-13-15/h5,7,9-11,17-18H,3-4,6H2,1-2H3,(H,14,16,19). The fraction of sp³-hybridized carbons (Fsp3) is 0.750. The van der Waals surface area contributed by atoms with Crippen LogP contribution >= 0.6 is 8.60 Å². The Hall–Kier alpha value is -1.20. The van der Waals surface area contributed by atoms with Gasteiger partial charge in [0.1, 0.15) is 24.5 Å². The van der Waals surface area contributed by atoms with E-state index in [0.717, 1.165) is 10.9 Å². The van der Waals surface area contributed by atoms with Crippen molar-refractivity contribution in [2.24, 2.45) is 0 Å². The Morgan fingerprint density at radius 2 is 1.92 bits per heavy atom. The highest BCUT2D eigenvalue weighted by atomic mass is 31.2. The Kier molecular flexibility index (Phi) is 6.99. The highest BCUT2D eigenvalue weighted by Gasteiger charge is 2.45. The lowest BCUT2D eigenvalue weighted by atomic mass is 10.1. The molecular formula is C12H20N3O8P. The van der Waals surface area contributed by atoms with Crippen LogP contribution in [0.3, 0.4) is 0 Å². The number of hydrogen-bond acceptors (Lipinski definition) is 9. The molecule has 4 unspecified atom stereocenters. The summed E-state index contributed by atoms with van der Waals surface area (Å²) in [5.74, 6) is 0. The number of aromatic amines is 1. The van der Waals surface area contributed by atoms with Crippen LogP contribution in [0.4, 0.5) is 0 Å². The maximum absolute atomic E-state index is 11.7. The first-order chi connectivity index (χ1) is 11.5. The fourth-order valence-corrected chi connectivity index (χ4v) is 2.98. The van der Waals surface area contributed by atoms with Crippen LogP contribution in [0.1, 0.15) is 20.1 Å². The molecule has 12 heteroatoms. The summed E-state index contributed by atoms with van der Waals surface area (Å²) in [5.41, 5.74) is -1.53. The van der Waals surface area contributed by atoms with E-state index in [4.69, 9.17) is 18.3 Å². The monoisotopic (exact) mass is 365 g/mol. The maximum Gasteiger partial charge on any atom is 0.347 e. The second kappa shape index (κ2) is 8.77.